The van der Waals surface area contributed by atoms with Gasteiger partial charge in [-0.1, -0.05) is 23.2 Å². The number of pyridine rings is 2. The van der Waals surface area contributed by atoms with E-state index >= 15 is 0 Å². The van der Waals surface area contributed by atoms with Crippen LogP contribution in [0.3, 0.4) is 0 Å². The highest BCUT2D eigenvalue weighted by Gasteiger charge is 2.18. The lowest BCUT2D eigenvalue weighted by molar-refractivity contribution is 0.102. The van der Waals surface area contributed by atoms with E-state index in [0.717, 1.165) is 0 Å². The Balaban J connectivity index is 1.59. The molecule has 29 heavy (non-hydrogen) atoms. The molecule has 0 unspecified atom stereocenters. The van der Waals surface area contributed by atoms with Crippen LogP contribution in [0.2, 0.25) is 10.0 Å². The molecule has 0 aliphatic carbocycles. The van der Waals surface area contributed by atoms with Crippen molar-refractivity contribution in [2.45, 2.75) is 13.8 Å². The number of aryl methyl sites for hydroxylation is 1. The first kappa shape index (κ1) is 19.0. The van der Waals surface area contributed by atoms with E-state index in [-0.39, 0.29) is 5.91 Å². The predicted octanol–water partition coefficient (Wildman–Crippen LogP) is 3.42. The van der Waals surface area contributed by atoms with Crippen LogP contribution in [0.15, 0.2) is 43.1 Å². The maximum Gasteiger partial charge on any atom is 0.259 e. The van der Waals surface area contributed by atoms with Gasteiger partial charge in [0.25, 0.3) is 5.91 Å². The van der Waals surface area contributed by atoms with E-state index < -0.39 is 0 Å². The molecule has 0 bridgehead atoms. The Morgan fingerprint density at radius 2 is 1.79 bits per heavy atom. The van der Waals surface area contributed by atoms with Crippen LogP contribution < -0.4 is 5.32 Å². The SMILES string of the molecule is Cc1nccc(-n2ncc(C(=O)Nc3cnc(-n4nccn4)c(Cl)c3)c2C)c1Cl. The first-order valence-corrected chi connectivity index (χ1v) is 9.21. The zero-order valence-corrected chi connectivity index (χ0v) is 16.8. The summed E-state index contributed by atoms with van der Waals surface area (Å²) in [6.07, 6.45) is 7.63. The highest BCUT2D eigenvalue weighted by molar-refractivity contribution is 6.33. The summed E-state index contributed by atoms with van der Waals surface area (Å²) < 4.78 is 1.60. The minimum Gasteiger partial charge on any atom is -0.320 e. The number of aromatic nitrogens is 7. The highest BCUT2D eigenvalue weighted by atomic mass is 35.5. The van der Waals surface area contributed by atoms with Crippen molar-refractivity contribution in [1.82, 2.24) is 34.7 Å². The minimum atomic E-state index is -0.349. The largest absolute Gasteiger partial charge is 0.320 e. The molecule has 0 aliphatic rings. The number of nitrogens with zero attached hydrogens (tertiary/aromatic N) is 7. The minimum absolute atomic E-state index is 0.297. The predicted molar refractivity (Wildman–Crippen MR) is 108 cm³/mol. The van der Waals surface area contributed by atoms with E-state index in [2.05, 4.69) is 30.6 Å². The van der Waals surface area contributed by atoms with Crippen molar-refractivity contribution in [2.24, 2.45) is 0 Å². The Kier molecular flexibility index (Phi) is 4.99. The highest BCUT2D eigenvalue weighted by Crippen LogP contribution is 2.25. The lowest BCUT2D eigenvalue weighted by Crippen LogP contribution is -2.14. The van der Waals surface area contributed by atoms with Gasteiger partial charge in [0, 0.05) is 6.20 Å². The molecule has 0 atom stereocenters. The van der Waals surface area contributed by atoms with Gasteiger partial charge in [-0.05, 0) is 26.0 Å². The lowest BCUT2D eigenvalue weighted by Gasteiger charge is -2.09. The van der Waals surface area contributed by atoms with E-state index in [1.54, 1.807) is 36.9 Å². The third kappa shape index (κ3) is 3.57. The second-order valence-corrected chi connectivity index (χ2v) is 6.87. The van der Waals surface area contributed by atoms with E-state index in [4.69, 9.17) is 23.2 Å². The molecule has 4 aromatic heterocycles. The van der Waals surface area contributed by atoms with Crippen molar-refractivity contribution in [3.8, 4) is 11.5 Å². The third-order valence-corrected chi connectivity index (χ3v) is 4.96. The van der Waals surface area contributed by atoms with Gasteiger partial charge in [0.1, 0.15) is 0 Å². The number of carbonyl (C=O) groups is 1. The molecule has 4 heterocycles. The van der Waals surface area contributed by atoms with Crippen molar-refractivity contribution in [3.63, 3.8) is 0 Å². The summed E-state index contributed by atoms with van der Waals surface area (Å²) in [5.41, 5.74) is 2.78. The van der Waals surface area contributed by atoms with Gasteiger partial charge in [0.05, 0.1) is 63.2 Å². The van der Waals surface area contributed by atoms with Gasteiger partial charge in [0.15, 0.2) is 5.82 Å². The smallest absolute Gasteiger partial charge is 0.259 e. The Hall–Kier alpha value is -3.30. The Morgan fingerprint density at radius 3 is 2.52 bits per heavy atom. The van der Waals surface area contributed by atoms with Gasteiger partial charge < -0.3 is 5.32 Å². The molecular weight excluding hydrogens is 415 g/mol. The number of rotatable bonds is 4. The van der Waals surface area contributed by atoms with Crippen LogP contribution in [0.1, 0.15) is 21.7 Å². The van der Waals surface area contributed by atoms with Crippen LogP contribution in [-0.4, -0.2) is 40.6 Å². The van der Waals surface area contributed by atoms with Crippen molar-refractivity contribution >= 4 is 34.8 Å². The van der Waals surface area contributed by atoms with E-state index in [1.807, 2.05) is 0 Å². The van der Waals surface area contributed by atoms with E-state index in [1.165, 1.54) is 29.6 Å². The van der Waals surface area contributed by atoms with Gasteiger partial charge in [-0.25, -0.2) is 9.67 Å². The number of halogens is 2. The number of hydrogen-bond acceptors (Lipinski definition) is 6. The molecule has 0 aliphatic heterocycles. The number of hydrogen-bond donors (Lipinski definition) is 1. The first-order valence-electron chi connectivity index (χ1n) is 8.45. The summed E-state index contributed by atoms with van der Waals surface area (Å²) in [5.74, 6) is 0.0137. The standard InChI is InChI=1S/C18H14Cl2N8O/c1-10-16(20)15(3-4-21-10)27-11(2)13(9-25-27)18(29)26-12-7-14(19)17(22-8-12)28-23-5-6-24-28/h3-9H,1-2H3,(H,26,29). The topological polar surface area (TPSA) is 103 Å². The zero-order chi connectivity index (χ0) is 20.5. The molecule has 0 saturated carbocycles. The van der Waals surface area contributed by atoms with Gasteiger partial charge in [-0.3, -0.25) is 9.78 Å². The molecule has 4 rings (SSSR count). The van der Waals surface area contributed by atoms with Crippen LogP contribution >= 0.6 is 23.2 Å². The molecule has 4 aromatic rings. The molecule has 1 N–H and O–H groups in total. The second-order valence-electron chi connectivity index (χ2n) is 6.09. The van der Waals surface area contributed by atoms with Gasteiger partial charge in [-0.2, -0.15) is 15.3 Å². The average molecular weight is 429 g/mol. The summed E-state index contributed by atoms with van der Waals surface area (Å²) in [7, 11) is 0. The van der Waals surface area contributed by atoms with Crippen molar-refractivity contribution in [2.75, 3.05) is 5.32 Å². The zero-order valence-electron chi connectivity index (χ0n) is 15.3. The normalized spacial score (nSPS) is 10.9. The molecular formula is C18H14Cl2N8O. The maximum atomic E-state index is 12.7. The fraction of sp³-hybridized carbons (Fsp3) is 0.111. The Labute approximate surface area is 175 Å². The molecule has 9 nitrogen and oxygen atoms in total. The van der Waals surface area contributed by atoms with Crippen LogP contribution in [0.4, 0.5) is 5.69 Å². The van der Waals surface area contributed by atoms with E-state index in [9.17, 15) is 4.79 Å². The average Bonchev–Trinajstić information content (AvgIpc) is 3.34. The molecule has 0 spiro atoms. The molecule has 11 heteroatoms. The summed E-state index contributed by atoms with van der Waals surface area (Å²) >= 11 is 12.6. The van der Waals surface area contributed by atoms with Crippen LogP contribution in [0.5, 0.6) is 0 Å². The summed E-state index contributed by atoms with van der Waals surface area (Å²) in [6, 6.07) is 3.32. The number of carbonyl (C=O) groups excluding carboxylic acids is 1. The molecule has 0 saturated heterocycles. The summed E-state index contributed by atoms with van der Waals surface area (Å²) in [6.45, 7) is 3.59. The van der Waals surface area contributed by atoms with Crippen LogP contribution in [0.25, 0.3) is 11.5 Å². The van der Waals surface area contributed by atoms with Crippen LogP contribution in [0, 0.1) is 13.8 Å². The number of anilines is 1. The summed E-state index contributed by atoms with van der Waals surface area (Å²) in [4.78, 5) is 22.4. The van der Waals surface area contributed by atoms with Crippen molar-refractivity contribution in [3.05, 3.63) is 70.1 Å². The third-order valence-electron chi connectivity index (χ3n) is 4.21. The number of nitrogens with one attached hydrogen (secondary N) is 1. The van der Waals surface area contributed by atoms with E-state index in [0.29, 0.717) is 44.2 Å². The molecule has 0 aromatic carbocycles. The monoisotopic (exact) mass is 428 g/mol. The second kappa shape index (κ2) is 7.61. The maximum absolute atomic E-state index is 12.7. The summed E-state index contributed by atoms with van der Waals surface area (Å²) in [5, 5.41) is 15.8. The quantitative estimate of drug-likeness (QED) is 0.533. The molecule has 1 amide bonds. The van der Waals surface area contributed by atoms with Crippen molar-refractivity contribution < 1.29 is 4.79 Å². The Morgan fingerprint density at radius 1 is 1.03 bits per heavy atom. The fourth-order valence-corrected chi connectivity index (χ4v) is 3.18. The van der Waals surface area contributed by atoms with Crippen LogP contribution in [-0.2, 0) is 0 Å². The molecule has 0 radical (unpaired) electrons. The molecule has 0 fully saturated rings. The molecule has 146 valence electrons. The fourth-order valence-electron chi connectivity index (χ4n) is 2.74. The van der Waals surface area contributed by atoms with Gasteiger partial charge in [0.2, 0.25) is 0 Å². The van der Waals surface area contributed by atoms with Gasteiger partial charge >= 0.3 is 0 Å². The lowest BCUT2D eigenvalue weighted by atomic mass is 10.2. The van der Waals surface area contributed by atoms with Gasteiger partial charge in [-0.15, -0.1) is 4.80 Å². The number of amides is 1. The first-order chi connectivity index (χ1) is 14.0. The van der Waals surface area contributed by atoms with Crippen molar-refractivity contribution in [1.29, 1.82) is 0 Å². The Bertz CT molecular complexity index is 1200.